The van der Waals surface area contributed by atoms with Gasteiger partial charge in [0.2, 0.25) is 0 Å². The van der Waals surface area contributed by atoms with Crippen LogP contribution >= 0.6 is 23.2 Å². The zero-order valence-corrected chi connectivity index (χ0v) is 12.7. The fourth-order valence-electron chi connectivity index (χ4n) is 1.58. The van der Waals surface area contributed by atoms with Gasteiger partial charge in [0, 0.05) is 11.1 Å². The maximum Gasteiger partial charge on any atom is 0.263 e. The molecule has 108 valence electrons. The van der Waals surface area contributed by atoms with Crippen LogP contribution in [0, 0.1) is 11.3 Å². The third kappa shape index (κ3) is 3.39. The number of halogens is 2. The maximum absolute atomic E-state index is 12.2. The summed E-state index contributed by atoms with van der Waals surface area (Å²) in [7, 11) is -4.00. The first-order chi connectivity index (χ1) is 9.83. The van der Waals surface area contributed by atoms with Crippen molar-refractivity contribution in [3.63, 3.8) is 0 Å². The number of phenols is 1. The summed E-state index contributed by atoms with van der Waals surface area (Å²) in [5.74, 6) is -0.309. The molecule has 2 aromatic carbocycles. The lowest BCUT2D eigenvalue weighted by Crippen LogP contribution is -2.13. The molecule has 8 heteroatoms. The van der Waals surface area contributed by atoms with Crippen molar-refractivity contribution < 1.29 is 13.5 Å². The second kappa shape index (κ2) is 5.82. The lowest BCUT2D eigenvalue weighted by molar-refractivity contribution is 0.477. The van der Waals surface area contributed by atoms with E-state index in [1.54, 1.807) is 0 Å². The van der Waals surface area contributed by atoms with Gasteiger partial charge in [-0.25, -0.2) is 8.42 Å². The molecule has 0 saturated heterocycles. The molecule has 0 unspecified atom stereocenters. The molecule has 0 heterocycles. The van der Waals surface area contributed by atoms with Gasteiger partial charge < -0.3 is 5.11 Å². The summed E-state index contributed by atoms with van der Waals surface area (Å²) >= 11 is 11.5. The Balaban J connectivity index is 2.41. The summed E-state index contributed by atoms with van der Waals surface area (Å²) in [5.41, 5.74) is 0.216. The summed E-state index contributed by atoms with van der Waals surface area (Å²) in [4.78, 5) is -0.197. The van der Waals surface area contributed by atoms with E-state index in [0.717, 1.165) is 0 Å². The van der Waals surface area contributed by atoms with Crippen molar-refractivity contribution in [2.45, 2.75) is 4.90 Å². The Bertz CT molecular complexity index is 845. The van der Waals surface area contributed by atoms with Gasteiger partial charge in [-0.15, -0.1) is 0 Å². The number of rotatable bonds is 3. The SMILES string of the molecule is N#Cc1ccc(S(=O)(=O)Nc2ccc(Cl)cc2O)c(Cl)c1. The van der Waals surface area contributed by atoms with Gasteiger partial charge >= 0.3 is 0 Å². The van der Waals surface area contributed by atoms with Crippen LogP contribution in [0.2, 0.25) is 10.0 Å². The molecule has 2 rings (SSSR count). The molecule has 0 spiro atoms. The molecular weight excluding hydrogens is 335 g/mol. The van der Waals surface area contributed by atoms with E-state index in [4.69, 9.17) is 28.5 Å². The second-order valence-electron chi connectivity index (χ2n) is 4.02. The van der Waals surface area contributed by atoms with E-state index in [9.17, 15) is 13.5 Å². The van der Waals surface area contributed by atoms with Gasteiger partial charge in [0.1, 0.15) is 10.6 Å². The highest BCUT2D eigenvalue weighted by atomic mass is 35.5. The van der Waals surface area contributed by atoms with Crippen molar-refractivity contribution in [1.29, 1.82) is 5.26 Å². The van der Waals surface area contributed by atoms with Gasteiger partial charge in [0.15, 0.2) is 0 Å². The average Bonchev–Trinajstić information content (AvgIpc) is 2.41. The first kappa shape index (κ1) is 15.4. The molecule has 0 aromatic heterocycles. The molecule has 0 radical (unpaired) electrons. The fourth-order valence-corrected chi connectivity index (χ4v) is 3.37. The molecule has 0 atom stereocenters. The molecule has 2 N–H and O–H groups in total. The van der Waals surface area contributed by atoms with Gasteiger partial charge in [-0.2, -0.15) is 5.26 Å². The minimum Gasteiger partial charge on any atom is -0.506 e. The highest BCUT2D eigenvalue weighted by molar-refractivity contribution is 7.92. The zero-order chi connectivity index (χ0) is 15.6. The first-order valence-electron chi connectivity index (χ1n) is 5.54. The molecule has 21 heavy (non-hydrogen) atoms. The number of nitrogens with zero attached hydrogens (tertiary/aromatic N) is 1. The summed E-state index contributed by atoms with van der Waals surface area (Å²) in [6, 6.07) is 9.62. The first-order valence-corrected chi connectivity index (χ1v) is 7.78. The number of hydrogen-bond acceptors (Lipinski definition) is 4. The molecular formula is C13H8Cl2N2O3S. The molecule has 0 amide bonds. The van der Waals surface area contributed by atoms with E-state index in [2.05, 4.69) is 4.72 Å². The molecule has 0 aliphatic rings. The van der Waals surface area contributed by atoms with E-state index in [1.807, 2.05) is 6.07 Å². The topological polar surface area (TPSA) is 90.2 Å². The Labute approximate surface area is 131 Å². The number of nitriles is 1. The van der Waals surface area contributed by atoms with Crippen molar-refractivity contribution in [2.75, 3.05) is 4.72 Å². The number of anilines is 1. The fraction of sp³-hybridized carbons (Fsp3) is 0. The quantitative estimate of drug-likeness (QED) is 0.836. The summed E-state index contributed by atoms with van der Waals surface area (Å²) in [6.07, 6.45) is 0. The highest BCUT2D eigenvalue weighted by Crippen LogP contribution is 2.30. The highest BCUT2D eigenvalue weighted by Gasteiger charge is 2.19. The summed E-state index contributed by atoms with van der Waals surface area (Å²) in [5, 5.41) is 18.6. The number of sulfonamides is 1. The summed E-state index contributed by atoms with van der Waals surface area (Å²) in [6.45, 7) is 0. The molecule has 0 saturated carbocycles. The van der Waals surface area contributed by atoms with Gasteiger partial charge in [-0.1, -0.05) is 23.2 Å². The minimum atomic E-state index is -4.00. The van der Waals surface area contributed by atoms with Crippen molar-refractivity contribution in [3.8, 4) is 11.8 Å². The second-order valence-corrected chi connectivity index (χ2v) is 6.52. The van der Waals surface area contributed by atoms with Crippen LogP contribution < -0.4 is 4.72 Å². The number of benzene rings is 2. The molecule has 5 nitrogen and oxygen atoms in total. The van der Waals surface area contributed by atoms with Crippen LogP contribution in [0.25, 0.3) is 0 Å². The van der Waals surface area contributed by atoms with Crippen LogP contribution in [-0.2, 0) is 10.0 Å². The van der Waals surface area contributed by atoms with Crippen molar-refractivity contribution in [2.24, 2.45) is 0 Å². The number of nitrogens with one attached hydrogen (secondary N) is 1. The Morgan fingerprint density at radius 1 is 1.14 bits per heavy atom. The third-order valence-electron chi connectivity index (χ3n) is 2.55. The molecule has 0 aliphatic heterocycles. The van der Waals surface area contributed by atoms with Gasteiger partial charge in [0.05, 0.1) is 22.3 Å². The number of aromatic hydroxyl groups is 1. The predicted molar refractivity (Wildman–Crippen MR) is 80.1 cm³/mol. The lowest BCUT2D eigenvalue weighted by Gasteiger charge is -2.11. The van der Waals surface area contributed by atoms with Crippen LogP contribution in [0.15, 0.2) is 41.3 Å². The smallest absolute Gasteiger partial charge is 0.263 e. The molecule has 2 aromatic rings. The average molecular weight is 343 g/mol. The maximum atomic E-state index is 12.2. The van der Waals surface area contributed by atoms with Gasteiger partial charge in [-0.3, -0.25) is 4.72 Å². The Morgan fingerprint density at radius 3 is 2.43 bits per heavy atom. The van der Waals surface area contributed by atoms with Gasteiger partial charge in [-0.05, 0) is 30.3 Å². The normalized spacial score (nSPS) is 10.9. The minimum absolute atomic E-state index is 0.0279. The monoisotopic (exact) mass is 342 g/mol. The van der Waals surface area contributed by atoms with Crippen molar-refractivity contribution >= 4 is 38.9 Å². The molecule has 0 bridgehead atoms. The van der Waals surface area contributed by atoms with Crippen LogP contribution in [0.3, 0.4) is 0 Å². The van der Waals surface area contributed by atoms with Crippen LogP contribution in [0.1, 0.15) is 5.56 Å². The predicted octanol–water partition coefficient (Wildman–Crippen LogP) is 3.37. The number of hydrogen-bond donors (Lipinski definition) is 2. The Kier molecular flexibility index (Phi) is 4.28. The van der Waals surface area contributed by atoms with Crippen LogP contribution in [0.4, 0.5) is 5.69 Å². The van der Waals surface area contributed by atoms with Crippen molar-refractivity contribution in [3.05, 3.63) is 52.0 Å². The Morgan fingerprint density at radius 2 is 1.86 bits per heavy atom. The van der Waals surface area contributed by atoms with Gasteiger partial charge in [0.25, 0.3) is 10.0 Å². The largest absolute Gasteiger partial charge is 0.506 e. The molecule has 0 fully saturated rings. The van der Waals surface area contributed by atoms with Crippen LogP contribution in [0.5, 0.6) is 5.75 Å². The number of phenolic OH excluding ortho intramolecular Hbond substituents is 1. The van der Waals surface area contributed by atoms with Crippen molar-refractivity contribution in [1.82, 2.24) is 0 Å². The van der Waals surface area contributed by atoms with E-state index < -0.39 is 10.0 Å². The van der Waals surface area contributed by atoms with E-state index in [0.29, 0.717) is 0 Å². The zero-order valence-electron chi connectivity index (χ0n) is 10.3. The standard InChI is InChI=1S/C13H8Cl2N2O3S/c14-9-2-3-11(12(18)6-9)17-21(19,20)13-4-1-8(7-16)5-10(13)15/h1-6,17-18H. The molecule has 0 aliphatic carbocycles. The van der Waals surface area contributed by atoms with E-state index in [1.165, 1.54) is 36.4 Å². The third-order valence-corrected chi connectivity index (χ3v) is 4.64. The Hall–Kier alpha value is -1.94. The van der Waals surface area contributed by atoms with E-state index >= 15 is 0 Å². The lowest BCUT2D eigenvalue weighted by atomic mass is 10.2. The van der Waals surface area contributed by atoms with E-state index in [-0.39, 0.29) is 31.9 Å². The summed E-state index contributed by atoms with van der Waals surface area (Å²) < 4.78 is 26.7. The van der Waals surface area contributed by atoms with Crippen LogP contribution in [-0.4, -0.2) is 13.5 Å².